The molecule has 0 aliphatic heterocycles. The summed E-state index contributed by atoms with van der Waals surface area (Å²) < 4.78 is 27.0. The van der Waals surface area contributed by atoms with Crippen LogP contribution >= 0.6 is 0 Å². The first kappa shape index (κ1) is 17.8. The summed E-state index contributed by atoms with van der Waals surface area (Å²) in [5, 5.41) is 3.07. The Labute approximate surface area is 110 Å². The molecular weight excluding hydrogens is 238 g/mol. The van der Waals surface area contributed by atoms with Crippen LogP contribution in [0.1, 0.15) is 0 Å². The zero-order valence-corrected chi connectivity index (χ0v) is 12.3. The zero-order valence-electron chi connectivity index (χ0n) is 12.3. The molecule has 4 atom stereocenters. The molecule has 0 aliphatic carbocycles. The van der Waals surface area contributed by atoms with Gasteiger partial charge in [0.1, 0.15) is 18.3 Å². The highest BCUT2D eigenvalue weighted by atomic mass is 16.6. The van der Waals surface area contributed by atoms with Crippen LogP contribution in [-0.4, -0.2) is 80.2 Å². The van der Waals surface area contributed by atoms with Crippen LogP contribution in [0.3, 0.4) is 0 Å². The molecule has 0 amide bonds. The van der Waals surface area contributed by atoms with Crippen LogP contribution in [0.4, 0.5) is 0 Å². The van der Waals surface area contributed by atoms with Gasteiger partial charge in [0.25, 0.3) is 0 Å². The quantitative estimate of drug-likeness (QED) is 0.563. The smallest absolute Gasteiger partial charge is 0.114 e. The monoisotopic (exact) mass is 265 g/mol. The summed E-state index contributed by atoms with van der Waals surface area (Å²) in [6, 6.07) is 0. The van der Waals surface area contributed by atoms with Crippen LogP contribution in [0.5, 0.6) is 0 Å². The Morgan fingerprint density at radius 3 is 1.61 bits per heavy atom. The van der Waals surface area contributed by atoms with Gasteiger partial charge in [0.2, 0.25) is 0 Å². The van der Waals surface area contributed by atoms with Crippen molar-refractivity contribution in [1.29, 1.82) is 0 Å². The molecule has 0 bridgehead atoms. The van der Waals surface area contributed by atoms with Crippen molar-refractivity contribution in [2.24, 2.45) is 0 Å². The van der Waals surface area contributed by atoms with Crippen LogP contribution in [-0.2, 0) is 23.7 Å². The van der Waals surface area contributed by atoms with Crippen molar-refractivity contribution in [3.63, 3.8) is 0 Å². The van der Waals surface area contributed by atoms with E-state index in [9.17, 15) is 0 Å². The normalized spacial score (nSPS) is 18.3. The third-order valence-corrected chi connectivity index (χ3v) is 2.94. The number of ether oxygens (including phenoxy) is 5. The summed E-state index contributed by atoms with van der Waals surface area (Å²) in [5.41, 5.74) is 0. The van der Waals surface area contributed by atoms with Crippen LogP contribution in [0.25, 0.3) is 0 Å². The maximum absolute atomic E-state index is 5.51. The predicted molar refractivity (Wildman–Crippen MR) is 69.0 cm³/mol. The summed E-state index contributed by atoms with van der Waals surface area (Å²) in [5.74, 6) is 0. The lowest BCUT2D eigenvalue weighted by molar-refractivity contribution is -0.157. The van der Waals surface area contributed by atoms with Crippen LogP contribution in [0, 0.1) is 0 Å². The van der Waals surface area contributed by atoms with Crippen molar-refractivity contribution in [2.45, 2.75) is 24.4 Å². The van der Waals surface area contributed by atoms with E-state index in [1.165, 1.54) is 0 Å². The molecule has 6 heteroatoms. The zero-order chi connectivity index (χ0) is 14.0. The fraction of sp³-hybridized carbons (Fsp3) is 1.00. The topological polar surface area (TPSA) is 58.2 Å². The van der Waals surface area contributed by atoms with Gasteiger partial charge in [0, 0.05) is 42.1 Å². The summed E-state index contributed by atoms with van der Waals surface area (Å²) in [6.45, 7) is 1.10. The van der Waals surface area contributed by atoms with Gasteiger partial charge in [-0.1, -0.05) is 0 Å². The molecule has 110 valence electrons. The minimum atomic E-state index is -0.266. The van der Waals surface area contributed by atoms with E-state index in [1.54, 1.807) is 35.5 Å². The summed E-state index contributed by atoms with van der Waals surface area (Å²) in [6.07, 6.45) is -0.843. The van der Waals surface area contributed by atoms with Gasteiger partial charge in [-0.2, -0.15) is 0 Å². The Kier molecular flexibility index (Phi) is 10.5. The standard InChI is InChI=1S/C12H27NO5/c1-13-7-9(15-3)11(17-5)12(18-6)10(16-4)8-14-2/h9-13H,7-8H2,1-6H3. The maximum Gasteiger partial charge on any atom is 0.114 e. The molecule has 0 aromatic rings. The highest BCUT2D eigenvalue weighted by molar-refractivity contribution is 4.86. The van der Waals surface area contributed by atoms with E-state index in [0.717, 1.165) is 0 Å². The first-order valence-electron chi connectivity index (χ1n) is 5.94. The van der Waals surface area contributed by atoms with Gasteiger partial charge < -0.3 is 29.0 Å². The van der Waals surface area contributed by atoms with Gasteiger partial charge in [-0.05, 0) is 7.05 Å². The van der Waals surface area contributed by atoms with E-state index in [1.807, 2.05) is 7.05 Å². The van der Waals surface area contributed by atoms with Crippen molar-refractivity contribution in [3.05, 3.63) is 0 Å². The first-order valence-corrected chi connectivity index (χ1v) is 5.94. The third kappa shape index (κ3) is 5.17. The molecule has 18 heavy (non-hydrogen) atoms. The van der Waals surface area contributed by atoms with Gasteiger partial charge in [0.05, 0.1) is 12.7 Å². The summed E-state index contributed by atoms with van der Waals surface area (Å²) >= 11 is 0. The molecule has 0 fully saturated rings. The van der Waals surface area contributed by atoms with Crippen molar-refractivity contribution >= 4 is 0 Å². The molecule has 0 aliphatic rings. The minimum Gasteiger partial charge on any atom is -0.382 e. The van der Waals surface area contributed by atoms with Gasteiger partial charge in [0.15, 0.2) is 0 Å². The lowest BCUT2D eigenvalue weighted by Crippen LogP contribution is -2.52. The molecule has 4 unspecified atom stereocenters. The Bertz CT molecular complexity index is 173. The Balaban J connectivity index is 4.81. The second-order valence-corrected chi connectivity index (χ2v) is 3.96. The molecule has 0 heterocycles. The lowest BCUT2D eigenvalue weighted by atomic mass is 10.0. The molecule has 0 saturated carbocycles. The lowest BCUT2D eigenvalue weighted by Gasteiger charge is -2.34. The average molecular weight is 265 g/mol. The number of nitrogens with one attached hydrogen (secondary N) is 1. The molecular formula is C12H27NO5. The molecule has 0 spiro atoms. The molecule has 0 aromatic carbocycles. The molecule has 0 aromatic heterocycles. The van der Waals surface area contributed by atoms with Crippen molar-refractivity contribution in [1.82, 2.24) is 5.32 Å². The number of hydrogen-bond acceptors (Lipinski definition) is 6. The van der Waals surface area contributed by atoms with E-state index >= 15 is 0 Å². The van der Waals surface area contributed by atoms with Crippen LogP contribution in [0.15, 0.2) is 0 Å². The highest BCUT2D eigenvalue weighted by Crippen LogP contribution is 2.16. The van der Waals surface area contributed by atoms with E-state index in [2.05, 4.69) is 5.32 Å². The Hall–Kier alpha value is -0.240. The summed E-state index contributed by atoms with van der Waals surface area (Å²) in [4.78, 5) is 0. The largest absolute Gasteiger partial charge is 0.382 e. The van der Waals surface area contributed by atoms with Crippen LogP contribution in [0.2, 0.25) is 0 Å². The number of rotatable bonds is 11. The van der Waals surface area contributed by atoms with Crippen molar-refractivity contribution in [3.8, 4) is 0 Å². The van der Waals surface area contributed by atoms with E-state index in [0.29, 0.717) is 13.2 Å². The molecule has 0 rings (SSSR count). The van der Waals surface area contributed by atoms with Crippen molar-refractivity contribution < 1.29 is 23.7 Å². The van der Waals surface area contributed by atoms with E-state index in [-0.39, 0.29) is 24.4 Å². The predicted octanol–water partition coefficient (Wildman–Crippen LogP) is -0.0878. The minimum absolute atomic E-state index is 0.126. The Morgan fingerprint density at radius 1 is 0.778 bits per heavy atom. The van der Waals surface area contributed by atoms with Crippen LogP contribution < -0.4 is 5.32 Å². The van der Waals surface area contributed by atoms with Gasteiger partial charge >= 0.3 is 0 Å². The average Bonchev–Trinajstić information content (AvgIpc) is 2.40. The SMILES string of the molecule is CNCC(OC)C(OC)C(OC)C(COC)OC. The van der Waals surface area contributed by atoms with E-state index in [4.69, 9.17) is 23.7 Å². The molecule has 6 nitrogen and oxygen atoms in total. The van der Waals surface area contributed by atoms with E-state index < -0.39 is 0 Å². The summed E-state index contributed by atoms with van der Waals surface area (Å²) in [7, 11) is 10.0. The Morgan fingerprint density at radius 2 is 1.28 bits per heavy atom. The fourth-order valence-corrected chi connectivity index (χ4v) is 1.99. The molecule has 0 radical (unpaired) electrons. The number of likely N-dealkylation sites (N-methyl/N-ethyl adjacent to an activating group) is 1. The fourth-order valence-electron chi connectivity index (χ4n) is 1.99. The van der Waals surface area contributed by atoms with Gasteiger partial charge in [-0.15, -0.1) is 0 Å². The number of hydrogen-bond donors (Lipinski definition) is 1. The highest BCUT2D eigenvalue weighted by Gasteiger charge is 2.35. The van der Waals surface area contributed by atoms with Gasteiger partial charge in [-0.3, -0.25) is 0 Å². The maximum atomic E-state index is 5.51. The second kappa shape index (κ2) is 10.7. The third-order valence-electron chi connectivity index (χ3n) is 2.94. The van der Waals surface area contributed by atoms with Crippen molar-refractivity contribution in [2.75, 3.05) is 55.7 Å². The first-order chi connectivity index (χ1) is 8.69. The second-order valence-electron chi connectivity index (χ2n) is 3.96. The van der Waals surface area contributed by atoms with Gasteiger partial charge in [-0.25, -0.2) is 0 Å². The number of methoxy groups -OCH3 is 5. The molecule has 1 N–H and O–H groups in total. The molecule has 0 saturated heterocycles.